The zero-order chi connectivity index (χ0) is 14.3. The van der Waals surface area contributed by atoms with E-state index in [1.165, 1.54) is 18.2 Å². The first-order valence-electron chi connectivity index (χ1n) is 6.04. The molecule has 0 aliphatic carbocycles. The molecule has 0 spiro atoms. The minimum atomic E-state index is -0.986. The van der Waals surface area contributed by atoms with Crippen LogP contribution in [-0.4, -0.2) is 29.6 Å². The molecule has 1 atom stereocenters. The monoisotopic (exact) mass is 304 g/mol. The van der Waals surface area contributed by atoms with E-state index in [0.29, 0.717) is 18.5 Å². The molecule has 0 heterocycles. The van der Waals surface area contributed by atoms with E-state index in [2.05, 4.69) is 10.6 Å². The van der Waals surface area contributed by atoms with E-state index in [0.717, 1.165) is 0 Å². The van der Waals surface area contributed by atoms with Gasteiger partial charge in [0.1, 0.15) is 11.9 Å². The number of carbonyl (C=O) groups excluding carboxylic acids is 1. The molecular formula is C13H18ClFN2O3. The van der Waals surface area contributed by atoms with Gasteiger partial charge in [0, 0.05) is 5.69 Å². The molecule has 1 unspecified atom stereocenters. The summed E-state index contributed by atoms with van der Waals surface area (Å²) >= 11 is 0. The van der Waals surface area contributed by atoms with E-state index in [1.54, 1.807) is 6.07 Å². The quantitative estimate of drug-likeness (QED) is 0.720. The molecule has 20 heavy (non-hydrogen) atoms. The largest absolute Gasteiger partial charge is 0.480 e. The number of rotatable bonds is 7. The zero-order valence-electron chi connectivity index (χ0n) is 11.1. The van der Waals surface area contributed by atoms with Crippen molar-refractivity contribution in [3.05, 3.63) is 30.1 Å². The molecule has 7 heteroatoms. The van der Waals surface area contributed by atoms with E-state index in [4.69, 9.17) is 5.11 Å². The third-order valence-electron chi connectivity index (χ3n) is 2.49. The lowest BCUT2D eigenvalue weighted by Crippen LogP contribution is -2.41. The van der Waals surface area contributed by atoms with Gasteiger partial charge >= 0.3 is 5.97 Å². The third kappa shape index (κ3) is 6.49. The molecule has 0 aliphatic rings. The van der Waals surface area contributed by atoms with E-state index in [9.17, 15) is 14.0 Å². The van der Waals surface area contributed by atoms with Crippen LogP contribution in [0.1, 0.15) is 19.8 Å². The van der Waals surface area contributed by atoms with Crippen LogP contribution in [0.5, 0.6) is 0 Å². The molecule has 0 bridgehead atoms. The molecule has 1 aromatic rings. The Kier molecular flexibility index (Phi) is 8.51. The molecule has 3 N–H and O–H groups in total. The number of amides is 1. The highest BCUT2D eigenvalue weighted by atomic mass is 35.5. The summed E-state index contributed by atoms with van der Waals surface area (Å²) in [5.41, 5.74) is 0.342. The fraction of sp³-hybridized carbons (Fsp3) is 0.385. The second-order valence-electron chi connectivity index (χ2n) is 4.12. The number of halogens is 2. The Hall–Kier alpha value is -1.66. The fourth-order valence-electron chi connectivity index (χ4n) is 1.59. The van der Waals surface area contributed by atoms with Gasteiger partial charge in [-0.25, -0.2) is 4.39 Å². The average molecular weight is 305 g/mol. The van der Waals surface area contributed by atoms with E-state index in [-0.39, 0.29) is 19.0 Å². The summed E-state index contributed by atoms with van der Waals surface area (Å²) in [5.74, 6) is -1.84. The summed E-state index contributed by atoms with van der Waals surface area (Å²) in [4.78, 5) is 22.4. The van der Waals surface area contributed by atoms with Gasteiger partial charge in [-0.3, -0.25) is 14.9 Å². The second kappa shape index (κ2) is 9.28. The maximum absolute atomic E-state index is 12.9. The molecular weight excluding hydrogens is 287 g/mol. The van der Waals surface area contributed by atoms with Crippen LogP contribution in [-0.2, 0) is 9.59 Å². The van der Waals surface area contributed by atoms with Gasteiger partial charge < -0.3 is 10.4 Å². The van der Waals surface area contributed by atoms with Crippen molar-refractivity contribution in [2.24, 2.45) is 0 Å². The Balaban J connectivity index is 0.00000361. The smallest absolute Gasteiger partial charge is 0.320 e. The van der Waals surface area contributed by atoms with Crippen LogP contribution in [0, 0.1) is 5.82 Å². The first-order chi connectivity index (χ1) is 9.02. The topological polar surface area (TPSA) is 78.4 Å². The van der Waals surface area contributed by atoms with Gasteiger partial charge in [0.2, 0.25) is 5.91 Å². The lowest BCUT2D eigenvalue weighted by Gasteiger charge is -2.13. The lowest BCUT2D eigenvalue weighted by atomic mass is 10.2. The van der Waals surface area contributed by atoms with Crippen molar-refractivity contribution in [3.8, 4) is 0 Å². The Bertz CT molecular complexity index is 457. The number of aliphatic carboxylic acids is 1. The van der Waals surface area contributed by atoms with Crippen LogP contribution in [0.25, 0.3) is 0 Å². The van der Waals surface area contributed by atoms with Crippen molar-refractivity contribution in [1.29, 1.82) is 0 Å². The number of nitrogens with one attached hydrogen (secondary N) is 2. The van der Waals surface area contributed by atoms with Crippen molar-refractivity contribution in [3.63, 3.8) is 0 Å². The molecule has 0 aliphatic heterocycles. The number of hydrogen-bond acceptors (Lipinski definition) is 3. The molecule has 0 fully saturated rings. The average Bonchev–Trinajstić information content (AvgIpc) is 2.34. The Labute approximate surface area is 123 Å². The molecule has 0 saturated heterocycles. The Morgan fingerprint density at radius 2 is 2.10 bits per heavy atom. The Morgan fingerprint density at radius 3 is 2.65 bits per heavy atom. The molecule has 0 saturated carbocycles. The second-order valence-corrected chi connectivity index (χ2v) is 4.12. The molecule has 112 valence electrons. The van der Waals surface area contributed by atoms with Gasteiger partial charge in [-0.15, -0.1) is 12.4 Å². The van der Waals surface area contributed by atoms with Crippen molar-refractivity contribution >= 4 is 30.0 Å². The van der Waals surface area contributed by atoms with Crippen molar-refractivity contribution in [2.75, 3.05) is 11.9 Å². The highest BCUT2D eigenvalue weighted by molar-refractivity contribution is 5.92. The van der Waals surface area contributed by atoms with Gasteiger partial charge in [0.25, 0.3) is 0 Å². The van der Waals surface area contributed by atoms with Gasteiger partial charge in [-0.1, -0.05) is 19.4 Å². The van der Waals surface area contributed by atoms with Crippen LogP contribution in [0.15, 0.2) is 24.3 Å². The summed E-state index contributed by atoms with van der Waals surface area (Å²) in [5, 5.41) is 14.0. The van der Waals surface area contributed by atoms with Gasteiger partial charge in [0.05, 0.1) is 6.54 Å². The van der Waals surface area contributed by atoms with Gasteiger partial charge in [-0.2, -0.15) is 0 Å². The minimum absolute atomic E-state index is 0. The maximum Gasteiger partial charge on any atom is 0.320 e. The number of carbonyl (C=O) groups is 2. The highest BCUT2D eigenvalue weighted by Gasteiger charge is 2.16. The lowest BCUT2D eigenvalue weighted by molar-refractivity contribution is -0.139. The first kappa shape index (κ1) is 18.3. The molecule has 1 aromatic carbocycles. The minimum Gasteiger partial charge on any atom is -0.480 e. The summed E-state index contributed by atoms with van der Waals surface area (Å²) in [7, 11) is 0. The summed E-state index contributed by atoms with van der Waals surface area (Å²) in [6.07, 6.45) is 1.15. The summed E-state index contributed by atoms with van der Waals surface area (Å²) in [6.45, 7) is 1.73. The van der Waals surface area contributed by atoms with E-state index < -0.39 is 23.7 Å². The van der Waals surface area contributed by atoms with Crippen LogP contribution < -0.4 is 10.6 Å². The predicted molar refractivity (Wildman–Crippen MR) is 76.6 cm³/mol. The van der Waals surface area contributed by atoms with Crippen LogP contribution in [0.3, 0.4) is 0 Å². The van der Waals surface area contributed by atoms with Crippen molar-refractivity contribution < 1.29 is 19.1 Å². The normalized spacial score (nSPS) is 11.3. The van der Waals surface area contributed by atoms with E-state index >= 15 is 0 Å². The third-order valence-corrected chi connectivity index (χ3v) is 2.49. The maximum atomic E-state index is 12.9. The molecule has 1 rings (SSSR count). The molecule has 1 amide bonds. The first-order valence-corrected chi connectivity index (χ1v) is 6.04. The van der Waals surface area contributed by atoms with Crippen molar-refractivity contribution in [1.82, 2.24) is 5.32 Å². The Morgan fingerprint density at radius 1 is 1.40 bits per heavy atom. The highest BCUT2D eigenvalue weighted by Crippen LogP contribution is 2.08. The molecule has 0 aromatic heterocycles. The number of anilines is 1. The molecule has 0 radical (unpaired) electrons. The van der Waals surface area contributed by atoms with Gasteiger partial charge in [0.15, 0.2) is 0 Å². The number of benzene rings is 1. The number of hydrogen-bond donors (Lipinski definition) is 3. The standard InChI is InChI=1S/C13H17FN2O3.ClH/c1-2-4-11(13(18)19)15-8-12(17)16-10-6-3-5-9(14)7-10;/h3,5-7,11,15H,2,4,8H2,1H3,(H,16,17)(H,18,19);1H. The summed E-state index contributed by atoms with van der Waals surface area (Å²) < 4.78 is 12.9. The SMILES string of the molecule is CCCC(NCC(=O)Nc1cccc(F)c1)C(=O)O.Cl. The number of carboxylic acids is 1. The van der Waals surface area contributed by atoms with Crippen molar-refractivity contribution in [2.45, 2.75) is 25.8 Å². The number of carboxylic acid groups (broad SMARTS) is 1. The van der Waals surface area contributed by atoms with E-state index in [1.807, 2.05) is 6.92 Å². The summed E-state index contributed by atoms with van der Waals surface area (Å²) in [6, 6.07) is 4.76. The fourth-order valence-corrected chi connectivity index (χ4v) is 1.59. The van der Waals surface area contributed by atoms with Crippen LogP contribution in [0.2, 0.25) is 0 Å². The van der Waals surface area contributed by atoms with Crippen LogP contribution >= 0.6 is 12.4 Å². The van der Waals surface area contributed by atoms with Crippen LogP contribution in [0.4, 0.5) is 10.1 Å². The van der Waals surface area contributed by atoms with Gasteiger partial charge in [-0.05, 0) is 24.6 Å². The molecule has 5 nitrogen and oxygen atoms in total. The predicted octanol–water partition coefficient (Wildman–Crippen LogP) is 2.03. The zero-order valence-corrected chi connectivity index (χ0v) is 11.9.